The minimum absolute atomic E-state index is 0.0807. The number of anilines is 2. The van der Waals surface area contributed by atoms with Gasteiger partial charge in [-0.2, -0.15) is 10.1 Å². The van der Waals surface area contributed by atoms with Crippen LogP contribution in [0.5, 0.6) is 0 Å². The van der Waals surface area contributed by atoms with E-state index in [0.29, 0.717) is 43.7 Å². The second kappa shape index (κ2) is 7.93. The lowest BCUT2D eigenvalue weighted by molar-refractivity contribution is 0.0714. The molecule has 9 heteroatoms. The van der Waals surface area contributed by atoms with Gasteiger partial charge in [-0.3, -0.25) is 4.79 Å². The van der Waals surface area contributed by atoms with Crippen molar-refractivity contribution in [3.63, 3.8) is 0 Å². The fraction of sp³-hybridized carbons (Fsp3) is 0.500. The summed E-state index contributed by atoms with van der Waals surface area (Å²) in [5.74, 6) is 1.59. The van der Waals surface area contributed by atoms with Gasteiger partial charge in [0.25, 0.3) is 5.91 Å². The molecule has 0 radical (unpaired) electrons. The predicted octanol–water partition coefficient (Wildman–Crippen LogP) is 0.401. The predicted molar refractivity (Wildman–Crippen MR) is 93.7 cm³/mol. The van der Waals surface area contributed by atoms with Crippen LogP contribution in [0, 0.1) is 0 Å². The number of hydrogen-bond acceptors (Lipinski definition) is 8. The second-order valence-corrected chi connectivity index (χ2v) is 6.13. The molecule has 1 aliphatic rings. The molecule has 1 amide bonds. The van der Waals surface area contributed by atoms with E-state index in [9.17, 15) is 4.79 Å². The number of amides is 1. The van der Waals surface area contributed by atoms with Gasteiger partial charge in [0, 0.05) is 39.3 Å². The number of nitrogens with zero attached hydrogens (tertiary/aromatic N) is 6. The molecule has 1 saturated heterocycles. The minimum atomic E-state index is -0.0807. The molecule has 1 N–H and O–H groups in total. The second-order valence-electron chi connectivity index (χ2n) is 6.13. The molecule has 0 spiro atoms. The van der Waals surface area contributed by atoms with Crippen molar-refractivity contribution < 1.29 is 9.21 Å². The molecule has 9 nitrogen and oxygen atoms in total. The number of hydrogen-bond donors (Lipinski definition) is 1. The summed E-state index contributed by atoms with van der Waals surface area (Å²) in [6.07, 6.45) is 3.13. The number of aromatic nitrogens is 3. The maximum absolute atomic E-state index is 12.3. The van der Waals surface area contributed by atoms with Crippen LogP contribution in [0.15, 0.2) is 29.0 Å². The molecule has 0 aromatic carbocycles. The van der Waals surface area contributed by atoms with Crippen molar-refractivity contribution in [1.82, 2.24) is 25.0 Å². The van der Waals surface area contributed by atoms with Gasteiger partial charge in [0.2, 0.25) is 5.95 Å². The van der Waals surface area contributed by atoms with Crippen LogP contribution in [0.1, 0.15) is 10.6 Å². The Balaban J connectivity index is 1.55. The zero-order valence-corrected chi connectivity index (χ0v) is 14.6. The third-order valence-corrected chi connectivity index (χ3v) is 3.99. The highest BCUT2D eigenvalue weighted by atomic mass is 16.3. The van der Waals surface area contributed by atoms with E-state index in [2.05, 4.69) is 25.4 Å². The van der Waals surface area contributed by atoms with Gasteiger partial charge in [0.1, 0.15) is 0 Å². The molecule has 0 aliphatic carbocycles. The van der Waals surface area contributed by atoms with Crippen molar-refractivity contribution >= 4 is 17.7 Å². The van der Waals surface area contributed by atoms with Crippen molar-refractivity contribution in [2.75, 3.05) is 63.6 Å². The van der Waals surface area contributed by atoms with E-state index in [4.69, 9.17) is 4.42 Å². The average Bonchev–Trinajstić information content (AvgIpc) is 3.16. The monoisotopic (exact) mass is 345 g/mol. The fourth-order valence-corrected chi connectivity index (χ4v) is 2.59. The van der Waals surface area contributed by atoms with Crippen molar-refractivity contribution in [3.05, 3.63) is 30.4 Å². The van der Waals surface area contributed by atoms with E-state index in [0.717, 1.165) is 13.1 Å². The number of rotatable bonds is 6. The largest absolute Gasteiger partial charge is 0.459 e. The molecule has 1 aliphatic heterocycles. The van der Waals surface area contributed by atoms with Crippen LogP contribution in [0.2, 0.25) is 0 Å². The Morgan fingerprint density at radius 3 is 2.80 bits per heavy atom. The zero-order valence-electron chi connectivity index (χ0n) is 14.6. The molecule has 2 aromatic heterocycles. The van der Waals surface area contributed by atoms with Crippen LogP contribution in [0.25, 0.3) is 0 Å². The van der Waals surface area contributed by atoms with E-state index in [1.807, 2.05) is 19.0 Å². The van der Waals surface area contributed by atoms with Crippen LogP contribution in [0.4, 0.5) is 11.8 Å². The van der Waals surface area contributed by atoms with Gasteiger partial charge in [-0.05, 0) is 26.2 Å². The highest BCUT2D eigenvalue weighted by molar-refractivity contribution is 5.91. The zero-order chi connectivity index (χ0) is 17.6. The minimum Gasteiger partial charge on any atom is -0.459 e. The summed E-state index contributed by atoms with van der Waals surface area (Å²) in [4.78, 5) is 22.7. The lowest BCUT2D eigenvalue weighted by atomic mass is 10.3. The summed E-state index contributed by atoms with van der Waals surface area (Å²) in [5, 5.41) is 11.4. The van der Waals surface area contributed by atoms with E-state index in [1.54, 1.807) is 23.2 Å². The molecule has 0 bridgehead atoms. The lowest BCUT2D eigenvalue weighted by Gasteiger charge is -2.34. The van der Waals surface area contributed by atoms with Crippen LogP contribution in [-0.2, 0) is 0 Å². The third kappa shape index (κ3) is 4.44. The van der Waals surface area contributed by atoms with Crippen LogP contribution < -0.4 is 10.2 Å². The van der Waals surface area contributed by atoms with Crippen molar-refractivity contribution in [2.24, 2.45) is 0 Å². The summed E-state index contributed by atoms with van der Waals surface area (Å²) in [5.41, 5.74) is 0. The van der Waals surface area contributed by atoms with Crippen LogP contribution in [0.3, 0.4) is 0 Å². The van der Waals surface area contributed by atoms with Crippen LogP contribution >= 0.6 is 0 Å². The maximum atomic E-state index is 12.3. The molecular weight excluding hydrogens is 322 g/mol. The van der Waals surface area contributed by atoms with E-state index in [1.165, 1.54) is 6.26 Å². The third-order valence-electron chi connectivity index (χ3n) is 3.99. The van der Waals surface area contributed by atoms with Gasteiger partial charge in [0.05, 0.1) is 12.5 Å². The Hall–Kier alpha value is -2.68. The van der Waals surface area contributed by atoms with E-state index >= 15 is 0 Å². The van der Waals surface area contributed by atoms with Crippen molar-refractivity contribution in [1.29, 1.82) is 0 Å². The topological polar surface area (TPSA) is 90.6 Å². The maximum Gasteiger partial charge on any atom is 0.289 e. The summed E-state index contributed by atoms with van der Waals surface area (Å²) in [7, 11) is 4.05. The van der Waals surface area contributed by atoms with Gasteiger partial charge < -0.3 is 24.4 Å². The summed E-state index contributed by atoms with van der Waals surface area (Å²) < 4.78 is 5.18. The summed E-state index contributed by atoms with van der Waals surface area (Å²) in [6.45, 7) is 4.22. The Kier molecular flexibility index (Phi) is 5.44. The SMILES string of the molecule is CN(C)CCNc1cnnc(N2CCN(C(=O)c3ccco3)CC2)n1. The first-order chi connectivity index (χ1) is 12.1. The Morgan fingerprint density at radius 1 is 1.32 bits per heavy atom. The number of piperazine rings is 1. The number of likely N-dealkylation sites (N-methyl/N-ethyl adjacent to an activating group) is 1. The van der Waals surface area contributed by atoms with Gasteiger partial charge in [-0.25, -0.2) is 0 Å². The normalized spacial score (nSPS) is 14.8. The fourth-order valence-electron chi connectivity index (χ4n) is 2.59. The first-order valence-electron chi connectivity index (χ1n) is 8.29. The first-order valence-corrected chi connectivity index (χ1v) is 8.29. The first kappa shape index (κ1) is 17.2. The summed E-state index contributed by atoms with van der Waals surface area (Å²) >= 11 is 0. The number of furan rings is 1. The van der Waals surface area contributed by atoms with E-state index < -0.39 is 0 Å². The van der Waals surface area contributed by atoms with Gasteiger partial charge in [0.15, 0.2) is 11.6 Å². The molecular formula is C16H23N7O2. The quantitative estimate of drug-likeness (QED) is 0.805. The van der Waals surface area contributed by atoms with Crippen molar-refractivity contribution in [2.45, 2.75) is 0 Å². The standard InChI is InChI=1S/C16H23N7O2/c1-21(2)6-5-17-14-12-18-20-16(19-14)23-9-7-22(8-10-23)15(24)13-4-3-11-25-13/h3-4,11-12H,5-10H2,1-2H3,(H,17,19,20). The average molecular weight is 345 g/mol. The Bertz CT molecular complexity index is 682. The lowest BCUT2D eigenvalue weighted by Crippen LogP contribution is -2.49. The molecule has 134 valence electrons. The van der Waals surface area contributed by atoms with Gasteiger partial charge in [-0.1, -0.05) is 0 Å². The number of nitrogens with one attached hydrogen (secondary N) is 1. The van der Waals surface area contributed by atoms with Gasteiger partial charge in [-0.15, -0.1) is 5.10 Å². The molecule has 25 heavy (non-hydrogen) atoms. The Morgan fingerprint density at radius 2 is 2.12 bits per heavy atom. The molecule has 0 unspecified atom stereocenters. The smallest absolute Gasteiger partial charge is 0.289 e. The molecule has 0 saturated carbocycles. The Labute approximate surface area is 146 Å². The highest BCUT2D eigenvalue weighted by Gasteiger charge is 2.25. The van der Waals surface area contributed by atoms with E-state index in [-0.39, 0.29) is 5.91 Å². The summed E-state index contributed by atoms with van der Waals surface area (Å²) in [6, 6.07) is 3.41. The molecule has 1 fully saturated rings. The number of carbonyl (C=O) groups excluding carboxylic acids is 1. The van der Waals surface area contributed by atoms with Crippen molar-refractivity contribution in [3.8, 4) is 0 Å². The molecule has 3 heterocycles. The highest BCUT2D eigenvalue weighted by Crippen LogP contribution is 2.14. The van der Waals surface area contributed by atoms with Gasteiger partial charge >= 0.3 is 0 Å². The molecule has 0 atom stereocenters. The number of carbonyl (C=O) groups is 1. The molecule has 2 aromatic rings. The molecule has 3 rings (SSSR count). The van der Waals surface area contributed by atoms with Crippen LogP contribution in [-0.4, -0.2) is 84.3 Å².